The Morgan fingerprint density at radius 3 is 2.47 bits per heavy atom. The highest BCUT2D eigenvalue weighted by Crippen LogP contribution is 2.18. The standard InChI is InChI=1S/C19H26F3N5O2.HI/c1-13(2)17-26-16(29-27-17)5-4-10-24-18(23-3)25-11-14-6-8-15(9-7-14)28-12-19(20,21)22;/h6-9,13H,4-5,10-12H2,1-3H3,(H2,23,24,25);1H. The van der Waals surface area contributed by atoms with Crippen molar-refractivity contribution in [2.75, 3.05) is 20.2 Å². The Bertz CT molecular complexity index is 779. The summed E-state index contributed by atoms with van der Waals surface area (Å²) in [6, 6.07) is 6.42. The van der Waals surface area contributed by atoms with Crippen LogP contribution in [0.5, 0.6) is 5.75 Å². The number of alkyl halides is 3. The van der Waals surface area contributed by atoms with Gasteiger partial charge in [0.1, 0.15) is 5.75 Å². The lowest BCUT2D eigenvalue weighted by Crippen LogP contribution is -2.37. The van der Waals surface area contributed by atoms with E-state index in [1.165, 1.54) is 12.1 Å². The molecule has 2 aromatic rings. The van der Waals surface area contributed by atoms with Crippen molar-refractivity contribution in [3.63, 3.8) is 0 Å². The van der Waals surface area contributed by atoms with Crippen molar-refractivity contribution < 1.29 is 22.4 Å². The van der Waals surface area contributed by atoms with Crippen LogP contribution < -0.4 is 15.4 Å². The van der Waals surface area contributed by atoms with Gasteiger partial charge >= 0.3 is 6.18 Å². The van der Waals surface area contributed by atoms with E-state index in [0.29, 0.717) is 37.2 Å². The summed E-state index contributed by atoms with van der Waals surface area (Å²) >= 11 is 0. The first-order valence-corrected chi connectivity index (χ1v) is 9.32. The fourth-order valence-corrected chi connectivity index (χ4v) is 2.33. The highest BCUT2D eigenvalue weighted by atomic mass is 127. The predicted octanol–water partition coefficient (Wildman–Crippen LogP) is 4.05. The van der Waals surface area contributed by atoms with E-state index >= 15 is 0 Å². The molecule has 168 valence electrons. The van der Waals surface area contributed by atoms with Crippen molar-refractivity contribution in [2.45, 2.75) is 45.3 Å². The van der Waals surface area contributed by atoms with Gasteiger partial charge in [0.25, 0.3) is 0 Å². The van der Waals surface area contributed by atoms with E-state index in [9.17, 15) is 13.2 Å². The molecule has 0 bridgehead atoms. The summed E-state index contributed by atoms with van der Waals surface area (Å²) in [5, 5.41) is 10.3. The maximum absolute atomic E-state index is 12.2. The zero-order valence-corrected chi connectivity index (χ0v) is 19.5. The van der Waals surface area contributed by atoms with Gasteiger partial charge in [-0.25, -0.2) is 0 Å². The maximum atomic E-state index is 12.2. The summed E-state index contributed by atoms with van der Waals surface area (Å²) in [6.07, 6.45) is -2.88. The summed E-state index contributed by atoms with van der Waals surface area (Å²) in [4.78, 5) is 8.47. The van der Waals surface area contributed by atoms with Crippen molar-refractivity contribution in [1.82, 2.24) is 20.8 Å². The van der Waals surface area contributed by atoms with Crippen molar-refractivity contribution in [3.8, 4) is 5.75 Å². The topological polar surface area (TPSA) is 84.6 Å². The number of halogens is 4. The number of guanidine groups is 1. The smallest absolute Gasteiger partial charge is 0.422 e. The lowest BCUT2D eigenvalue weighted by molar-refractivity contribution is -0.153. The van der Waals surface area contributed by atoms with Crippen LogP contribution in [0.1, 0.15) is 43.5 Å². The number of aromatic nitrogens is 2. The van der Waals surface area contributed by atoms with Crippen LogP contribution in [0.25, 0.3) is 0 Å². The molecule has 0 aliphatic heterocycles. The normalized spacial score (nSPS) is 11.9. The number of hydrogen-bond donors (Lipinski definition) is 2. The summed E-state index contributed by atoms with van der Waals surface area (Å²) in [6.45, 7) is 3.86. The molecule has 7 nitrogen and oxygen atoms in total. The predicted molar refractivity (Wildman–Crippen MR) is 118 cm³/mol. The van der Waals surface area contributed by atoms with Crippen LogP contribution >= 0.6 is 24.0 Å². The first kappa shape index (κ1) is 26.0. The summed E-state index contributed by atoms with van der Waals surface area (Å²) < 4.78 is 46.4. The first-order valence-electron chi connectivity index (χ1n) is 9.32. The SMILES string of the molecule is CN=C(NCCCc1nc(C(C)C)no1)NCc1ccc(OCC(F)(F)F)cc1.I. The van der Waals surface area contributed by atoms with E-state index in [-0.39, 0.29) is 35.6 Å². The Morgan fingerprint density at radius 1 is 1.20 bits per heavy atom. The van der Waals surface area contributed by atoms with Gasteiger partial charge in [-0.1, -0.05) is 31.1 Å². The monoisotopic (exact) mass is 541 g/mol. The summed E-state index contributed by atoms with van der Waals surface area (Å²) in [5.41, 5.74) is 0.888. The number of aryl methyl sites for hydroxylation is 1. The molecular formula is C19H27F3IN5O2. The molecule has 2 rings (SSSR count). The van der Waals surface area contributed by atoms with Crippen LogP contribution in [0.2, 0.25) is 0 Å². The van der Waals surface area contributed by atoms with Crippen LogP contribution in [-0.4, -0.2) is 42.5 Å². The van der Waals surface area contributed by atoms with E-state index in [4.69, 9.17) is 4.52 Å². The average molecular weight is 541 g/mol. The molecule has 0 aliphatic carbocycles. The molecule has 0 radical (unpaired) electrons. The Balaban J connectivity index is 0.00000450. The minimum Gasteiger partial charge on any atom is -0.484 e. The molecule has 0 spiro atoms. The van der Waals surface area contributed by atoms with Crippen molar-refractivity contribution >= 4 is 29.9 Å². The van der Waals surface area contributed by atoms with Crippen LogP contribution in [-0.2, 0) is 13.0 Å². The number of benzene rings is 1. The Kier molecular flexibility index (Phi) is 10.9. The molecule has 0 amide bonds. The molecule has 0 saturated heterocycles. The molecule has 0 aliphatic rings. The second-order valence-electron chi connectivity index (χ2n) is 6.70. The molecule has 2 N–H and O–H groups in total. The van der Waals surface area contributed by atoms with Crippen LogP contribution in [0.4, 0.5) is 13.2 Å². The van der Waals surface area contributed by atoms with Crippen LogP contribution in [0.3, 0.4) is 0 Å². The number of ether oxygens (including phenoxy) is 1. The molecule has 0 saturated carbocycles. The minimum atomic E-state index is -4.35. The summed E-state index contributed by atoms with van der Waals surface area (Å²) in [7, 11) is 1.66. The third-order valence-electron chi connectivity index (χ3n) is 3.87. The van der Waals surface area contributed by atoms with Gasteiger partial charge in [0, 0.05) is 32.5 Å². The Hall–Kier alpha value is -2.05. The third kappa shape index (κ3) is 9.63. The zero-order valence-electron chi connectivity index (χ0n) is 17.1. The maximum Gasteiger partial charge on any atom is 0.422 e. The Labute approximate surface area is 190 Å². The lowest BCUT2D eigenvalue weighted by atomic mass is 10.2. The average Bonchev–Trinajstić information content (AvgIpc) is 3.15. The molecular weight excluding hydrogens is 514 g/mol. The van der Waals surface area contributed by atoms with Gasteiger partial charge in [-0.2, -0.15) is 18.2 Å². The highest BCUT2D eigenvalue weighted by molar-refractivity contribution is 14.0. The minimum absolute atomic E-state index is 0. The molecule has 1 heterocycles. The van der Waals surface area contributed by atoms with Gasteiger partial charge < -0.3 is 19.9 Å². The lowest BCUT2D eigenvalue weighted by Gasteiger charge is -2.12. The second kappa shape index (κ2) is 12.6. The van der Waals surface area contributed by atoms with Crippen molar-refractivity contribution in [3.05, 3.63) is 41.5 Å². The molecule has 0 unspecified atom stereocenters. The van der Waals surface area contributed by atoms with Crippen LogP contribution in [0.15, 0.2) is 33.8 Å². The van der Waals surface area contributed by atoms with Crippen molar-refractivity contribution in [1.29, 1.82) is 0 Å². The molecule has 11 heteroatoms. The van der Waals surface area contributed by atoms with E-state index in [1.807, 2.05) is 13.8 Å². The van der Waals surface area contributed by atoms with Crippen molar-refractivity contribution in [2.24, 2.45) is 4.99 Å². The zero-order chi connectivity index (χ0) is 21.3. The van der Waals surface area contributed by atoms with Gasteiger partial charge in [-0.15, -0.1) is 24.0 Å². The fourth-order valence-electron chi connectivity index (χ4n) is 2.33. The van der Waals surface area contributed by atoms with Gasteiger partial charge in [0.05, 0.1) is 0 Å². The van der Waals surface area contributed by atoms with E-state index < -0.39 is 12.8 Å². The van der Waals surface area contributed by atoms with E-state index in [1.54, 1.807) is 19.2 Å². The van der Waals surface area contributed by atoms with E-state index in [2.05, 4.69) is 30.5 Å². The van der Waals surface area contributed by atoms with Gasteiger partial charge in [0.15, 0.2) is 18.4 Å². The van der Waals surface area contributed by atoms with Gasteiger partial charge in [0.2, 0.25) is 5.89 Å². The van der Waals surface area contributed by atoms with E-state index in [0.717, 1.165) is 12.0 Å². The molecule has 1 aromatic carbocycles. The number of nitrogens with one attached hydrogen (secondary N) is 2. The quantitative estimate of drug-likeness (QED) is 0.216. The number of nitrogens with zero attached hydrogens (tertiary/aromatic N) is 3. The van der Waals surface area contributed by atoms with Gasteiger partial charge in [-0.05, 0) is 24.1 Å². The summed E-state index contributed by atoms with van der Waals surface area (Å²) in [5.74, 6) is 2.36. The number of rotatable bonds is 9. The number of hydrogen-bond acceptors (Lipinski definition) is 5. The molecule has 0 atom stereocenters. The highest BCUT2D eigenvalue weighted by Gasteiger charge is 2.28. The molecule has 1 aromatic heterocycles. The van der Waals surface area contributed by atoms with Gasteiger partial charge in [-0.3, -0.25) is 4.99 Å². The van der Waals surface area contributed by atoms with Crippen LogP contribution in [0, 0.1) is 0 Å². The largest absolute Gasteiger partial charge is 0.484 e. The first-order chi connectivity index (χ1) is 13.8. The second-order valence-corrected chi connectivity index (χ2v) is 6.70. The molecule has 0 fully saturated rings. The third-order valence-corrected chi connectivity index (χ3v) is 3.87. The number of aliphatic imine (C=N–C) groups is 1. The fraction of sp³-hybridized carbons (Fsp3) is 0.526. The molecule has 30 heavy (non-hydrogen) atoms. The Morgan fingerprint density at radius 2 is 1.90 bits per heavy atom.